The fraction of sp³-hybridized carbons (Fsp3) is 0.788. The Morgan fingerprint density at radius 3 is 0.798 bits per heavy atom. The smallest absolute Gasteiger partial charge is 0.462 e. The van der Waals surface area contributed by atoms with Gasteiger partial charge in [0.15, 0.2) is 12.2 Å². The van der Waals surface area contributed by atoms with Crippen LogP contribution in [-0.2, 0) is 65.4 Å². The van der Waals surface area contributed by atoms with Crippen molar-refractivity contribution >= 4 is 39.5 Å². The van der Waals surface area contributed by atoms with Gasteiger partial charge in [-0.25, -0.2) is 9.13 Å². The molecule has 0 fully saturated rings. The van der Waals surface area contributed by atoms with Gasteiger partial charge >= 0.3 is 39.5 Å². The summed E-state index contributed by atoms with van der Waals surface area (Å²) in [6.07, 6.45) is 81.1. The average molecular weight is 1510 g/mol. The summed E-state index contributed by atoms with van der Waals surface area (Å²) in [5, 5.41) is 10.7. The summed E-state index contributed by atoms with van der Waals surface area (Å²) < 4.78 is 68.7. The molecular weight excluding hydrogens is 1350 g/mol. The molecule has 5 atom stereocenters. The largest absolute Gasteiger partial charge is 0.472 e. The van der Waals surface area contributed by atoms with E-state index in [1.54, 1.807) is 0 Å². The van der Waals surface area contributed by atoms with Gasteiger partial charge < -0.3 is 33.8 Å². The number of hydrogen-bond acceptors (Lipinski definition) is 15. The van der Waals surface area contributed by atoms with Crippen LogP contribution in [0.4, 0.5) is 0 Å². The number of esters is 4. The Morgan fingerprint density at radius 2 is 0.500 bits per heavy atom. The first kappa shape index (κ1) is 100. The monoisotopic (exact) mass is 1510 g/mol. The minimum atomic E-state index is -4.99. The molecule has 0 aliphatic carbocycles. The molecule has 0 aliphatic heterocycles. The Hall–Kier alpha value is -3.76. The second kappa shape index (κ2) is 77.4. The van der Waals surface area contributed by atoms with E-state index in [1.807, 2.05) is 0 Å². The second-order valence-electron chi connectivity index (χ2n) is 28.0. The van der Waals surface area contributed by atoms with Gasteiger partial charge in [-0.15, -0.1) is 0 Å². The van der Waals surface area contributed by atoms with Gasteiger partial charge in [-0.05, 0) is 122 Å². The van der Waals surface area contributed by atoms with Gasteiger partial charge in [0.05, 0.1) is 26.4 Å². The van der Waals surface area contributed by atoms with Crippen molar-refractivity contribution < 1.29 is 80.2 Å². The predicted molar refractivity (Wildman–Crippen MR) is 427 cm³/mol. The molecule has 0 aromatic heterocycles. The van der Waals surface area contributed by atoms with Crippen molar-refractivity contribution in [2.75, 3.05) is 39.6 Å². The van der Waals surface area contributed by atoms with Crippen LogP contribution in [0.1, 0.15) is 374 Å². The molecule has 19 heteroatoms. The lowest BCUT2D eigenvalue weighted by atomic mass is 10.0. The number of phosphoric acid groups is 2. The lowest BCUT2D eigenvalue weighted by Gasteiger charge is -2.21. The Morgan fingerprint density at radius 1 is 0.279 bits per heavy atom. The van der Waals surface area contributed by atoms with Crippen molar-refractivity contribution in [3.05, 3.63) is 85.1 Å². The molecule has 0 aromatic rings. The number of allylic oxidation sites excluding steroid dienone is 14. The summed E-state index contributed by atoms with van der Waals surface area (Å²) in [6, 6.07) is 0. The van der Waals surface area contributed by atoms with Gasteiger partial charge in [0.25, 0.3) is 0 Å². The van der Waals surface area contributed by atoms with Gasteiger partial charge in [-0.2, -0.15) is 0 Å². The number of carbonyl (C=O) groups is 4. The number of ether oxygens (including phenoxy) is 4. The molecule has 0 saturated carbocycles. The van der Waals surface area contributed by atoms with Crippen LogP contribution in [0.25, 0.3) is 0 Å². The highest BCUT2D eigenvalue weighted by Gasteiger charge is 2.30. The third-order valence-corrected chi connectivity index (χ3v) is 19.7. The molecule has 0 radical (unpaired) electrons. The van der Waals surface area contributed by atoms with E-state index in [0.29, 0.717) is 25.7 Å². The van der Waals surface area contributed by atoms with E-state index in [0.717, 1.165) is 161 Å². The van der Waals surface area contributed by atoms with Crippen molar-refractivity contribution in [3.8, 4) is 0 Å². The number of hydrogen-bond donors (Lipinski definition) is 3. The maximum Gasteiger partial charge on any atom is 0.472 e. The van der Waals surface area contributed by atoms with Crippen LogP contribution < -0.4 is 0 Å². The molecule has 0 rings (SSSR count). The lowest BCUT2D eigenvalue weighted by molar-refractivity contribution is -0.161. The number of phosphoric ester groups is 2. The molecule has 0 bridgehead atoms. The second-order valence-corrected chi connectivity index (χ2v) is 30.9. The summed E-state index contributed by atoms with van der Waals surface area (Å²) >= 11 is 0. The van der Waals surface area contributed by atoms with Crippen molar-refractivity contribution in [3.63, 3.8) is 0 Å². The van der Waals surface area contributed by atoms with Crippen LogP contribution in [0.3, 0.4) is 0 Å². The Labute approximate surface area is 634 Å². The van der Waals surface area contributed by atoms with E-state index in [2.05, 4.69) is 113 Å². The third kappa shape index (κ3) is 76.4. The van der Waals surface area contributed by atoms with Crippen molar-refractivity contribution in [1.82, 2.24) is 0 Å². The first-order chi connectivity index (χ1) is 50.7. The van der Waals surface area contributed by atoms with Gasteiger partial charge in [-0.3, -0.25) is 37.3 Å². The highest BCUT2D eigenvalue weighted by molar-refractivity contribution is 7.47. The highest BCUT2D eigenvalue weighted by atomic mass is 31.2. The zero-order valence-electron chi connectivity index (χ0n) is 66.2. The molecule has 0 aromatic carbocycles. The van der Waals surface area contributed by atoms with E-state index in [4.69, 9.17) is 37.0 Å². The van der Waals surface area contributed by atoms with Gasteiger partial charge in [-0.1, -0.05) is 312 Å². The molecule has 2 unspecified atom stereocenters. The Bertz CT molecular complexity index is 2300. The lowest BCUT2D eigenvalue weighted by Crippen LogP contribution is -2.30. The van der Waals surface area contributed by atoms with E-state index >= 15 is 0 Å². The minimum Gasteiger partial charge on any atom is -0.462 e. The van der Waals surface area contributed by atoms with E-state index in [1.165, 1.54) is 135 Å². The average Bonchev–Trinajstić information content (AvgIpc) is 0.943. The highest BCUT2D eigenvalue weighted by Crippen LogP contribution is 2.45. The van der Waals surface area contributed by atoms with E-state index < -0.39 is 97.5 Å². The molecule has 0 heterocycles. The van der Waals surface area contributed by atoms with Crippen LogP contribution in [-0.4, -0.2) is 96.7 Å². The number of aliphatic hydroxyl groups is 1. The first-order valence-electron chi connectivity index (χ1n) is 41.8. The van der Waals surface area contributed by atoms with Crippen molar-refractivity contribution in [2.45, 2.75) is 393 Å². The summed E-state index contributed by atoms with van der Waals surface area (Å²) in [5.41, 5.74) is 0. The van der Waals surface area contributed by atoms with Crippen LogP contribution in [0.15, 0.2) is 85.1 Å². The van der Waals surface area contributed by atoms with Crippen LogP contribution in [0.2, 0.25) is 0 Å². The number of carbonyl (C=O) groups excluding carboxylic acids is 4. The quantitative estimate of drug-likeness (QED) is 0.0169. The summed E-state index contributed by atoms with van der Waals surface area (Å²) in [5.74, 6) is -2.19. The number of rotatable bonds is 79. The number of aliphatic hydroxyl groups excluding tert-OH is 1. The molecule has 3 N–H and O–H groups in total. The zero-order valence-corrected chi connectivity index (χ0v) is 68.0. The van der Waals surface area contributed by atoms with Crippen molar-refractivity contribution in [2.24, 2.45) is 0 Å². The van der Waals surface area contributed by atoms with E-state index in [-0.39, 0.29) is 25.7 Å². The van der Waals surface area contributed by atoms with Crippen LogP contribution >= 0.6 is 15.6 Å². The maximum atomic E-state index is 13.1. The normalized spacial score (nSPS) is 14.3. The Balaban J connectivity index is 5.38. The topological polar surface area (TPSA) is 237 Å². The van der Waals surface area contributed by atoms with Crippen LogP contribution in [0.5, 0.6) is 0 Å². The first-order valence-corrected chi connectivity index (χ1v) is 44.8. The summed E-state index contributed by atoms with van der Waals surface area (Å²) in [7, 11) is -9.96. The fourth-order valence-corrected chi connectivity index (χ4v) is 13.1. The summed E-state index contributed by atoms with van der Waals surface area (Å²) in [4.78, 5) is 73.1. The molecule has 17 nitrogen and oxygen atoms in total. The van der Waals surface area contributed by atoms with Crippen LogP contribution in [0, 0.1) is 0 Å². The summed E-state index contributed by atoms with van der Waals surface area (Å²) in [6.45, 7) is 4.77. The fourth-order valence-electron chi connectivity index (χ4n) is 11.5. The van der Waals surface area contributed by atoms with Gasteiger partial charge in [0, 0.05) is 25.7 Å². The molecule has 0 aliphatic rings. The molecule has 0 spiro atoms. The standard InChI is InChI=1S/C85H152O17P2/c1-5-9-13-17-21-25-29-33-37-38-39-40-44-48-52-56-60-64-68-72-85(90)102-81(76-96-83(88)70-66-62-58-54-50-46-42-35-31-27-23-19-15-11-7-3)78-100-104(93,94)98-74-79(86)73-97-103(91,92)99-77-80(101-84(89)71-67-63-59-55-51-47-43-36-32-28-24-20-16-12-8-4)75-95-82(87)69-65-61-57-53-49-45-41-34-30-26-22-18-14-10-6-2/h9,13,21,25,27-28,31-33,37,39-40,48,52,79-81,86H,5-8,10-12,14-20,22-24,26,29-30,34-36,38,41-47,49-51,53-78H2,1-4H3,(H,91,92)(H,93,94)/b13-9-,25-21-,31-27-,32-28-,37-33-,40-39-,52-48-/t79-,80+,81+/m0/s1. The molecule has 0 saturated heterocycles. The minimum absolute atomic E-state index is 0.0566. The Kier molecular flexibility index (Phi) is 74.6. The third-order valence-electron chi connectivity index (χ3n) is 17.8. The predicted octanol–water partition coefficient (Wildman–Crippen LogP) is 24.6. The maximum absolute atomic E-state index is 13.1. The molecule has 104 heavy (non-hydrogen) atoms. The van der Waals surface area contributed by atoms with Gasteiger partial charge in [0.2, 0.25) is 0 Å². The van der Waals surface area contributed by atoms with E-state index in [9.17, 15) is 43.2 Å². The molecular formula is C85H152O17P2. The molecule has 0 amide bonds. The van der Waals surface area contributed by atoms with Gasteiger partial charge in [0.1, 0.15) is 19.3 Å². The molecule has 604 valence electrons. The van der Waals surface area contributed by atoms with Crippen molar-refractivity contribution in [1.29, 1.82) is 0 Å². The SMILES string of the molecule is CC/C=C\C/C=C\C/C=C\C/C=C\C/C=C\CCCCCC(=O)O[C@H](COC(=O)CCCCCCCCC/C=C\CCCCCC)COP(=O)(O)OC[C@@H](O)COP(=O)(O)OC[C@@H](COC(=O)CCCCCCCCCCCCCCCCC)OC(=O)CCCCCCCCC/C=C\CCCCCC. The zero-order chi connectivity index (χ0) is 76.0. The number of unbranched alkanes of at least 4 members (excludes halogenated alkanes) is 39.